The lowest BCUT2D eigenvalue weighted by atomic mass is 10.2. The van der Waals surface area contributed by atoms with Gasteiger partial charge in [-0.25, -0.2) is 0 Å². The number of hydrogen-bond acceptors (Lipinski definition) is 7. The van der Waals surface area contributed by atoms with Crippen molar-refractivity contribution < 1.29 is 19.5 Å². The molecule has 0 unspecified atom stereocenters. The maximum absolute atomic E-state index is 11.1. The van der Waals surface area contributed by atoms with Crippen molar-refractivity contribution in [2.75, 3.05) is 0 Å². The summed E-state index contributed by atoms with van der Waals surface area (Å²) in [6.45, 7) is -0.236. The second kappa shape index (κ2) is 6.87. The van der Waals surface area contributed by atoms with Crippen molar-refractivity contribution in [2.24, 2.45) is 0 Å². The molecule has 0 saturated heterocycles. The molecule has 0 aliphatic carbocycles. The molecule has 124 valence electrons. The van der Waals surface area contributed by atoms with Gasteiger partial charge in [-0.3, -0.25) is 30.3 Å². The van der Waals surface area contributed by atoms with E-state index in [2.05, 4.69) is 0 Å². The molecular weight excluding hydrogens is 346 g/mol. The normalized spacial score (nSPS) is 10.2. The maximum atomic E-state index is 11.1. The van der Waals surface area contributed by atoms with Gasteiger partial charge in [-0.2, -0.15) is 0 Å². The molecule has 0 radical (unpaired) electrons. The predicted octanol–water partition coefficient (Wildman–Crippen LogP) is 3.64. The molecule has 0 heterocycles. The van der Waals surface area contributed by atoms with Crippen molar-refractivity contribution in [3.8, 4) is 5.75 Å². The summed E-state index contributed by atoms with van der Waals surface area (Å²) in [5.41, 5.74) is -1.98. The summed E-state index contributed by atoms with van der Waals surface area (Å²) < 4.78 is 5.20. The molecule has 10 nitrogen and oxygen atoms in total. The van der Waals surface area contributed by atoms with Gasteiger partial charge in [-0.05, 0) is 17.7 Å². The Bertz CT molecular complexity index is 805. The minimum atomic E-state index is -0.979. The molecule has 0 saturated carbocycles. The lowest BCUT2D eigenvalue weighted by molar-refractivity contribution is -0.404. The predicted molar refractivity (Wildman–Crippen MR) is 82.2 cm³/mol. The summed E-state index contributed by atoms with van der Waals surface area (Å²) in [7, 11) is 0. The van der Waals surface area contributed by atoms with Crippen LogP contribution in [0.5, 0.6) is 5.75 Å². The number of non-ortho nitro benzene ring substituents is 1. The van der Waals surface area contributed by atoms with Crippen LogP contribution in [0.1, 0.15) is 5.56 Å². The van der Waals surface area contributed by atoms with Crippen LogP contribution in [0.3, 0.4) is 0 Å². The molecule has 0 aliphatic rings. The molecule has 0 aromatic heterocycles. The van der Waals surface area contributed by atoms with Crippen LogP contribution in [0.2, 0.25) is 5.02 Å². The third-order valence-corrected chi connectivity index (χ3v) is 3.15. The van der Waals surface area contributed by atoms with Crippen LogP contribution >= 0.6 is 11.6 Å². The summed E-state index contributed by atoms with van der Waals surface area (Å²) in [5.74, 6) is -0.657. The van der Waals surface area contributed by atoms with Crippen molar-refractivity contribution in [2.45, 2.75) is 6.61 Å². The molecule has 2 rings (SSSR count). The molecule has 0 N–H and O–H groups in total. The van der Waals surface area contributed by atoms with E-state index >= 15 is 0 Å². The fourth-order valence-corrected chi connectivity index (χ4v) is 2.10. The van der Waals surface area contributed by atoms with Gasteiger partial charge in [0.1, 0.15) is 6.61 Å². The van der Waals surface area contributed by atoms with Gasteiger partial charge >= 0.3 is 11.4 Å². The molecule has 0 bridgehead atoms. The van der Waals surface area contributed by atoms with Gasteiger partial charge in [0, 0.05) is 5.02 Å². The Morgan fingerprint density at radius 1 is 0.917 bits per heavy atom. The summed E-state index contributed by atoms with van der Waals surface area (Å²) in [6.07, 6.45) is 0. The van der Waals surface area contributed by atoms with Gasteiger partial charge in [0.2, 0.25) is 0 Å². The Hall–Kier alpha value is -3.27. The minimum Gasteiger partial charge on any atom is -0.477 e. The van der Waals surface area contributed by atoms with Gasteiger partial charge < -0.3 is 4.74 Å². The van der Waals surface area contributed by atoms with E-state index in [-0.39, 0.29) is 6.61 Å². The van der Waals surface area contributed by atoms with E-state index in [0.717, 1.165) is 0 Å². The Morgan fingerprint density at radius 3 is 1.96 bits per heavy atom. The molecule has 0 amide bonds. The highest BCUT2D eigenvalue weighted by Crippen LogP contribution is 2.40. The number of halogens is 1. The lowest BCUT2D eigenvalue weighted by Crippen LogP contribution is -2.04. The van der Waals surface area contributed by atoms with E-state index in [1.165, 1.54) is 6.07 Å². The van der Waals surface area contributed by atoms with E-state index in [1.807, 2.05) is 0 Å². The largest absolute Gasteiger partial charge is 0.477 e. The first-order valence-corrected chi connectivity index (χ1v) is 6.66. The quantitative estimate of drug-likeness (QED) is 0.570. The first kappa shape index (κ1) is 17.1. The van der Waals surface area contributed by atoms with Crippen LogP contribution in [0.4, 0.5) is 17.1 Å². The van der Waals surface area contributed by atoms with Gasteiger partial charge in [-0.15, -0.1) is 0 Å². The zero-order chi connectivity index (χ0) is 17.9. The molecule has 2 aromatic rings. The third-order valence-electron chi connectivity index (χ3n) is 2.91. The van der Waals surface area contributed by atoms with Crippen molar-refractivity contribution in [3.63, 3.8) is 0 Å². The zero-order valence-electron chi connectivity index (χ0n) is 11.7. The van der Waals surface area contributed by atoms with Crippen LogP contribution in [0.25, 0.3) is 0 Å². The number of rotatable bonds is 6. The van der Waals surface area contributed by atoms with Gasteiger partial charge in [0.25, 0.3) is 11.4 Å². The van der Waals surface area contributed by atoms with Crippen LogP contribution in [0.15, 0.2) is 36.4 Å². The fourth-order valence-electron chi connectivity index (χ4n) is 1.89. The molecule has 0 spiro atoms. The van der Waals surface area contributed by atoms with Gasteiger partial charge in [0.15, 0.2) is 0 Å². The summed E-state index contributed by atoms with van der Waals surface area (Å²) in [6, 6.07) is 7.56. The number of nitrogens with zero attached hydrogens (tertiary/aromatic N) is 3. The molecule has 2 aromatic carbocycles. The molecule has 11 heteroatoms. The molecule has 24 heavy (non-hydrogen) atoms. The van der Waals surface area contributed by atoms with Gasteiger partial charge in [-0.1, -0.05) is 23.7 Å². The van der Waals surface area contributed by atoms with E-state index in [4.69, 9.17) is 16.3 Å². The van der Waals surface area contributed by atoms with Crippen molar-refractivity contribution in [3.05, 3.63) is 77.3 Å². The van der Waals surface area contributed by atoms with E-state index in [9.17, 15) is 30.3 Å². The standard InChI is InChI=1S/C13H8ClN3O7/c14-9-3-1-2-8(4-9)7-24-13-11(16(20)21)5-10(15(18)19)6-12(13)17(22)23/h1-6H,7H2. The lowest BCUT2D eigenvalue weighted by Gasteiger charge is -2.08. The Balaban J connectivity index is 2.48. The zero-order valence-corrected chi connectivity index (χ0v) is 12.5. The van der Waals surface area contributed by atoms with Crippen LogP contribution in [-0.2, 0) is 6.61 Å². The van der Waals surface area contributed by atoms with E-state index in [1.54, 1.807) is 18.2 Å². The molecule has 0 aliphatic heterocycles. The van der Waals surface area contributed by atoms with E-state index in [0.29, 0.717) is 22.7 Å². The average molecular weight is 354 g/mol. The van der Waals surface area contributed by atoms with Crippen molar-refractivity contribution >= 4 is 28.7 Å². The van der Waals surface area contributed by atoms with Crippen molar-refractivity contribution in [1.29, 1.82) is 0 Å². The monoisotopic (exact) mass is 353 g/mol. The first-order chi connectivity index (χ1) is 11.3. The molecule has 0 atom stereocenters. The topological polar surface area (TPSA) is 139 Å². The van der Waals surface area contributed by atoms with Gasteiger partial charge in [0.05, 0.1) is 26.9 Å². The average Bonchev–Trinajstić information content (AvgIpc) is 2.51. The number of hydrogen-bond donors (Lipinski definition) is 0. The second-order valence-corrected chi connectivity index (χ2v) is 4.94. The van der Waals surface area contributed by atoms with Crippen LogP contribution in [0, 0.1) is 30.3 Å². The first-order valence-electron chi connectivity index (χ1n) is 6.28. The van der Waals surface area contributed by atoms with Crippen LogP contribution < -0.4 is 4.74 Å². The highest BCUT2D eigenvalue weighted by Gasteiger charge is 2.32. The number of ether oxygens (including phenoxy) is 1. The smallest absolute Gasteiger partial charge is 0.325 e. The second-order valence-electron chi connectivity index (χ2n) is 4.50. The minimum absolute atomic E-state index is 0.236. The highest BCUT2D eigenvalue weighted by atomic mass is 35.5. The summed E-state index contributed by atoms with van der Waals surface area (Å²) in [5, 5.41) is 33.4. The van der Waals surface area contributed by atoms with E-state index < -0.39 is 37.6 Å². The van der Waals surface area contributed by atoms with Crippen molar-refractivity contribution in [1.82, 2.24) is 0 Å². The van der Waals surface area contributed by atoms with Crippen LogP contribution in [-0.4, -0.2) is 14.8 Å². The molecule has 0 fully saturated rings. The summed E-state index contributed by atoms with van der Waals surface area (Å²) >= 11 is 5.80. The number of nitro groups is 3. The number of nitro benzene ring substituents is 3. The highest BCUT2D eigenvalue weighted by molar-refractivity contribution is 6.30. The SMILES string of the molecule is O=[N+]([O-])c1cc([N+](=O)[O-])c(OCc2cccc(Cl)c2)c([N+](=O)[O-])c1. The third kappa shape index (κ3) is 3.73. The molecular formula is C13H8ClN3O7. The summed E-state index contributed by atoms with van der Waals surface area (Å²) in [4.78, 5) is 30.1. The number of benzene rings is 2. The fraction of sp³-hybridized carbons (Fsp3) is 0.0769. The Morgan fingerprint density at radius 2 is 1.50 bits per heavy atom. The Labute approximate surface area is 138 Å². The Kier molecular flexibility index (Phi) is 4.90. The maximum Gasteiger partial charge on any atom is 0.325 e.